The molecule has 2 N–H and O–H groups in total. The Morgan fingerprint density at radius 3 is 2.71 bits per heavy atom. The quantitative estimate of drug-likeness (QED) is 0.392. The zero-order valence-corrected chi connectivity index (χ0v) is 23.2. The maximum Gasteiger partial charge on any atom is 0.276 e. The van der Waals surface area contributed by atoms with Gasteiger partial charge in [-0.15, -0.1) is 0 Å². The van der Waals surface area contributed by atoms with E-state index >= 15 is 0 Å². The van der Waals surface area contributed by atoms with E-state index in [4.69, 9.17) is 0 Å². The summed E-state index contributed by atoms with van der Waals surface area (Å²) in [5, 5.41) is 18.4. The van der Waals surface area contributed by atoms with E-state index in [-0.39, 0.29) is 18.1 Å². The van der Waals surface area contributed by atoms with Crippen LogP contribution in [0.4, 0.5) is 17.3 Å². The topological polar surface area (TPSA) is 113 Å². The van der Waals surface area contributed by atoms with Crippen LogP contribution in [0.25, 0.3) is 11.1 Å². The van der Waals surface area contributed by atoms with Gasteiger partial charge in [-0.1, -0.05) is 0 Å². The molecule has 4 aromatic rings. The SMILES string of the molecule is CN1CCn2nc(Nc3cc(-c4ccnc(N5CCn6c(cc7c6C6CC[C@H]76)C5=O)c4CO)cn(C)c3=O)cc2C1. The molecular weight excluding hydrogens is 520 g/mol. The van der Waals surface area contributed by atoms with Crippen molar-refractivity contribution in [2.75, 3.05) is 30.4 Å². The molecule has 1 amide bonds. The standard InChI is InChI=1S/C30H32N8O3/c1-34-7-10-38-18(15-34)12-26(33-38)32-24-11-17(14-35(2)29(24)40)19-5-6-31-28(23(19)16-39)37-9-8-36-25(30(37)41)13-22-20-3-4-21(20)27(22)36/h5-6,11-14,20-21,39H,3-4,7-10,15-16H2,1-2H3,(H,32,33)/t20-,21?/m0/s1. The molecule has 1 unspecified atom stereocenters. The second kappa shape index (κ2) is 8.89. The van der Waals surface area contributed by atoms with Gasteiger partial charge in [0.1, 0.15) is 17.2 Å². The first kappa shape index (κ1) is 24.6. The number of pyridine rings is 2. The molecule has 2 aliphatic carbocycles. The number of aromatic nitrogens is 5. The molecule has 4 aliphatic rings. The second-order valence-corrected chi connectivity index (χ2v) is 11.8. The van der Waals surface area contributed by atoms with Gasteiger partial charge in [0.15, 0.2) is 5.82 Å². The lowest BCUT2D eigenvalue weighted by molar-refractivity contribution is 0.0962. The molecule has 0 aromatic carbocycles. The van der Waals surface area contributed by atoms with Gasteiger partial charge >= 0.3 is 0 Å². The van der Waals surface area contributed by atoms with Crippen LogP contribution in [-0.4, -0.2) is 59.9 Å². The van der Waals surface area contributed by atoms with E-state index in [1.165, 1.54) is 28.7 Å². The van der Waals surface area contributed by atoms with Gasteiger partial charge < -0.3 is 19.6 Å². The number of amides is 1. The largest absolute Gasteiger partial charge is 0.392 e. The molecule has 0 bridgehead atoms. The summed E-state index contributed by atoms with van der Waals surface area (Å²) in [6.45, 7) is 3.44. The van der Waals surface area contributed by atoms with Gasteiger partial charge in [-0.25, -0.2) is 4.98 Å². The average Bonchev–Trinajstić information content (AvgIpc) is 3.49. The molecule has 8 rings (SSSR count). The van der Waals surface area contributed by atoms with Crippen molar-refractivity contribution in [1.29, 1.82) is 0 Å². The van der Waals surface area contributed by atoms with E-state index < -0.39 is 0 Å². The van der Waals surface area contributed by atoms with Crippen LogP contribution >= 0.6 is 0 Å². The number of aliphatic hydroxyl groups excluding tert-OH is 1. The third kappa shape index (κ3) is 3.58. The van der Waals surface area contributed by atoms with Gasteiger partial charge in [0.2, 0.25) is 0 Å². The first-order chi connectivity index (χ1) is 19.9. The van der Waals surface area contributed by atoms with Crippen molar-refractivity contribution in [3.8, 4) is 11.1 Å². The molecule has 1 saturated carbocycles. The Morgan fingerprint density at radius 1 is 1.05 bits per heavy atom. The van der Waals surface area contributed by atoms with Crippen molar-refractivity contribution < 1.29 is 9.90 Å². The van der Waals surface area contributed by atoms with Gasteiger partial charge in [-0.3, -0.25) is 24.1 Å². The Balaban J connectivity index is 1.14. The second-order valence-electron chi connectivity index (χ2n) is 11.8. The van der Waals surface area contributed by atoms with Crippen LogP contribution in [0, 0.1) is 0 Å². The first-order valence-electron chi connectivity index (χ1n) is 14.3. The van der Waals surface area contributed by atoms with Crippen molar-refractivity contribution >= 4 is 23.2 Å². The van der Waals surface area contributed by atoms with Crippen LogP contribution in [0.3, 0.4) is 0 Å². The number of aryl methyl sites for hydroxylation is 1. The Hall–Kier alpha value is -4.22. The van der Waals surface area contributed by atoms with Crippen molar-refractivity contribution in [2.45, 2.75) is 50.9 Å². The zero-order valence-electron chi connectivity index (χ0n) is 23.2. The lowest BCUT2D eigenvalue weighted by Crippen LogP contribution is -2.43. The highest BCUT2D eigenvalue weighted by Crippen LogP contribution is 2.60. The Morgan fingerprint density at radius 2 is 1.90 bits per heavy atom. The molecule has 0 spiro atoms. The first-order valence-corrected chi connectivity index (χ1v) is 14.3. The third-order valence-corrected chi connectivity index (χ3v) is 9.40. The minimum Gasteiger partial charge on any atom is -0.392 e. The van der Waals surface area contributed by atoms with E-state index in [0.717, 1.165) is 43.0 Å². The van der Waals surface area contributed by atoms with Crippen molar-refractivity contribution in [3.63, 3.8) is 0 Å². The van der Waals surface area contributed by atoms with Gasteiger partial charge in [-0.2, -0.15) is 5.10 Å². The van der Waals surface area contributed by atoms with Crippen LogP contribution < -0.4 is 15.8 Å². The number of hydrogen-bond donors (Lipinski definition) is 2. The number of aliphatic hydroxyl groups is 1. The molecule has 210 valence electrons. The fourth-order valence-corrected chi connectivity index (χ4v) is 7.14. The molecule has 1 fully saturated rings. The average molecular weight is 553 g/mol. The molecular formula is C30H32N8O3. The number of fused-ring (bicyclic) bond motifs is 7. The molecule has 11 heteroatoms. The van der Waals surface area contributed by atoms with Crippen LogP contribution in [0.15, 0.2) is 41.5 Å². The summed E-state index contributed by atoms with van der Waals surface area (Å²) in [4.78, 5) is 35.3. The molecule has 6 heterocycles. The summed E-state index contributed by atoms with van der Waals surface area (Å²) in [5.41, 5.74) is 6.71. The number of anilines is 3. The number of likely N-dealkylation sites (N-methyl/N-ethyl adjacent to an activating group) is 1. The number of hydrogen-bond acceptors (Lipinski definition) is 7. The Kier molecular flexibility index (Phi) is 5.33. The normalized spacial score (nSPS) is 21.0. The molecule has 41 heavy (non-hydrogen) atoms. The monoisotopic (exact) mass is 552 g/mol. The summed E-state index contributed by atoms with van der Waals surface area (Å²) in [5.74, 6) is 2.24. The number of carbonyl (C=O) groups excluding carboxylic acids is 1. The highest BCUT2D eigenvalue weighted by Gasteiger charge is 2.49. The van der Waals surface area contributed by atoms with Crippen LogP contribution in [0.2, 0.25) is 0 Å². The van der Waals surface area contributed by atoms with Crippen molar-refractivity contribution in [2.24, 2.45) is 7.05 Å². The smallest absolute Gasteiger partial charge is 0.276 e. The Labute approximate surface area is 236 Å². The van der Waals surface area contributed by atoms with Gasteiger partial charge in [-0.05, 0) is 55.1 Å². The van der Waals surface area contributed by atoms with E-state index in [2.05, 4.69) is 38.0 Å². The number of nitrogens with zero attached hydrogens (tertiary/aromatic N) is 7. The summed E-state index contributed by atoms with van der Waals surface area (Å²) in [6, 6.07) is 7.65. The predicted octanol–water partition coefficient (Wildman–Crippen LogP) is 2.76. The van der Waals surface area contributed by atoms with Crippen LogP contribution in [-0.2, 0) is 33.3 Å². The van der Waals surface area contributed by atoms with Crippen LogP contribution in [0.5, 0.6) is 0 Å². The molecule has 2 aliphatic heterocycles. The van der Waals surface area contributed by atoms with E-state index in [1.54, 1.807) is 30.4 Å². The molecule has 4 aromatic heterocycles. The zero-order chi connectivity index (χ0) is 28.0. The molecule has 2 atom stereocenters. The molecule has 0 saturated heterocycles. The highest BCUT2D eigenvalue weighted by molar-refractivity contribution is 6.06. The van der Waals surface area contributed by atoms with Crippen molar-refractivity contribution in [3.05, 3.63) is 75.2 Å². The fraction of sp³-hybridized carbons (Fsp3) is 0.400. The summed E-state index contributed by atoms with van der Waals surface area (Å²) in [6.07, 6.45) is 5.85. The maximum atomic E-state index is 13.7. The third-order valence-electron chi connectivity index (χ3n) is 9.40. The number of rotatable bonds is 5. The van der Waals surface area contributed by atoms with Gasteiger partial charge in [0.05, 0.1) is 18.8 Å². The highest BCUT2D eigenvalue weighted by atomic mass is 16.3. The van der Waals surface area contributed by atoms with E-state index in [9.17, 15) is 14.7 Å². The Bertz CT molecular complexity index is 1800. The summed E-state index contributed by atoms with van der Waals surface area (Å²) < 4.78 is 5.70. The van der Waals surface area contributed by atoms with Crippen molar-refractivity contribution in [1.82, 2.24) is 28.8 Å². The minimum atomic E-state index is -0.295. The number of nitrogens with one attached hydrogen (secondary N) is 1. The lowest BCUT2D eigenvalue weighted by Gasteiger charge is -2.47. The van der Waals surface area contributed by atoms with Gasteiger partial charge in [0.25, 0.3) is 11.5 Å². The molecule has 0 radical (unpaired) electrons. The molecule has 11 nitrogen and oxygen atoms in total. The van der Waals surface area contributed by atoms with Gasteiger partial charge in [0, 0.05) is 74.4 Å². The predicted molar refractivity (Wildman–Crippen MR) is 154 cm³/mol. The lowest BCUT2D eigenvalue weighted by atomic mass is 9.59. The van der Waals surface area contributed by atoms with E-state index in [1.807, 2.05) is 16.8 Å². The maximum absolute atomic E-state index is 13.7. The fourth-order valence-electron chi connectivity index (χ4n) is 7.14. The summed E-state index contributed by atoms with van der Waals surface area (Å²) >= 11 is 0. The van der Waals surface area contributed by atoms with Crippen LogP contribution in [0.1, 0.15) is 57.7 Å². The summed E-state index contributed by atoms with van der Waals surface area (Å²) in [7, 11) is 3.78. The van der Waals surface area contributed by atoms with E-state index in [0.29, 0.717) is 47.0 Å². The minimum absolute atomic E-state index is 0.0818. The number of carbonyl (C=O) groups is 1.